The standard InChI is InChI=1S/C22H26Cl2N2O/c1-14-4-3-5-15(2)25(14)12-18(27)13-26-21-8-6-16(23)10-19(21)20-11-17(24)7-9-22(20)26/h6-11,14-15,18,27H,3-5,12-13H2,1-2H3/p+1/t14-,15-,18-/m0/s1. The molecular weight excluding hydrogens is 379 g/mol. The molecule has 1 fully saturated rings. The van der Waals surface area contributed by atoms with E-state index < -0.39 is 6.10 Å². The molecule has 144 valence electrons. The molecule has 1 aromatic heterocycles. The Kier molecular flexibility index (Phi) is 5.39. The number of hydrogen-bond acceptors (Lipinski definition) is 1. The van der Waals surface area contributed by atoms with Gasteiger partial charge in [-0.25, -0.2) is 0 Å². The lowest BCUT2D eigenvalue weighted by Crippen LogP contribution is -3.20. The first-order chi connectivity index (χ1) is 12.9. The normalized spacial score (nSPS) is 22.6. The van der Waals surface area contributed by atoms with Gasteiger partial charge in [0.05, 0.1) is 18.6 Å². The Balaban J connectivity index is 1.68. The van der Waals surface area contributed by atoms with Gasteiger partial charge in [0.2, 0.25) is 0 Å². The number of rotatable bonds is 4. The summed E-state index contributed by atoms with van der Waals surface area (Å²) >= 11 is 12.5. The fourth-order valence-corrected chi connectivity index (χ4v) is 5.13. The highest BCUT2D eigenvalue weighted by atomic mass is 35.5. The fraction of sp³-hybridized carbons (Fsp3) is 0.455. The lowest BCUT2D eigenvalue weighted by Gasteiger charge is -2.37. The van der Waals surface area contributed by atoms with E-state index in [1.807, 2.05) is 36.4 Å². The second kappa shape index (κ2) is 7.63. The minimum Gasteiger partial charge on any atom is -0.385 e. The molecule has 0 spiro atoms. The van der Waals surface area contributed by atoms with Crippen LogP contribution in [-0.2, 0) is 6.54 Å². The number of likely N-dealkylation sites (tertiary alicyclic amines) is 1. The lowest BCUT2D eigenvalue weighted by molar-refractivity contribution is -0.954. The highest BCUT2D eigenvalue weighted by Crippen LogP contribution is 2.33. The zero-order valence-electron chi connectivity index (χ0n) is 15.9. The number of nitrogens with zero attached hydrogens (tertiary/aromatic N) is 1. The van der Waals surface area contributed by atoms with Crippen LogP contribution < -0.4 is 4.90 Å². The Labute approximate surface area is 170 Å². The SMILES string of the molecule is C[C@H]1CCC[C@H](C)[NH+]1C[C@H](O)Cn1c2ccc(Cl)cc2c2cc(Cl)ccc21. The molecule has 0 radical (unpaired) electrons. The molecule has 0 saturated carbocycles. The van der Waals surface area contributed by atoms with Crippen LogP contribution in [-0.4, -0.2) is 34.4 Å². The first-order valence-electron chi connectivity index (χ1n) is 9.84. The molecule has 2 heterocycles. The first-order valence-corrected chi connectivity index (χ1v) is 10.6. The summed E-state index contributed by atoms with van der Waals surface area (Å²) in [5.41, 5.74) is 2.18. The van der Waals surface area contributed by atoms with Crippen LogP contribution in [0.3, 0.4) is 0 Å². The van der Waals surface area contributed by atoms with Crippen molar-refractivity contribution in [3.8, 4) is 0 Å². The van der Waals surface area contributed by atoms with Gasteiger partial charge in [-0.1, -0.05) is 23.2 Å². The van der Waals surface area contributed by atoms with Crippen LogP contribution in [0.15, 0.2) is 36.4 Å². The maximum Gasteiger partial charge on any atom is 0.121 e. The van der Waals surface area contributed by atoms with E-state index in [0.717, 1.165) is 28.4 Å². The molecule has 0 unspecified atom stereocenters. The smallest absolute Gasteiger partial charge is 0.121 e. The Morgan fingerprint density at radius 3 is 2.04 bits per heavy atom. The number of nitrogens with one attached hydrogen (secondary N) is 1. The third-order valence-corrected chi connectivity index (χ3v) is 6.66. The van der Waals surface area contributed by atoms with Crippen molar-refractivity contribution in [2.24, 2.45) is 0 Å². The van der Waals surface area contributed by atoms with E-state index in [4.69, 9.17) is 23.2 Å². The van der Waals surface area contributed by atoms with E-state index in [1.54, 1.807) is 0 Å². The van der Waals surface area contributed by atoms with Crippen molar-refractivity contribution in [2.45, 2.75) is 57.8 Å². The zero-order chi connectivity index (χ0) is 19.1. The van der Waals surface area contributed by atoms with Crippen LogP contribution >= 0.6 is 23.2 Å². The Hall–Kier alpha value is -1.26. The van der Waals surface area contributed by atoms with E-state index in [-0.39, 0.29) is 0 Å². The fourth-order valence-electron chi connectivity index (χ4n) is 4.78. The highest BCUT2D eigenvalue weighted by molar-refractivity contribution is 6.33. The van der Waals surface area contributed by atoms with Crippen molar-refractivity contribution in [1.29, 1.82) is 0 Å². The third-order valence-electron chi connectivity index (χ3n) is 6.19. The number of aromatic nitrogens is 1. The molecule has 3 nitrogen and oxygen atoms in total. The Morgan fingerprint density at radius 2 is 1.52 bits per heavy atom. The number of hydrogen-bond donors (Lipinski definition) is 2. The van der Waals surface area contributed by atoms with E-state index in [9.17, 15) is 5.11 Å². The summed E-state index contributed by atoms with van der Waals surface area (Å²) in [4.78, 5) is 1.53. The average molecular weight is 406 g/mol. The van der Waals surface area contributed by atoms with E-state index >= 15 is 0 Å². The van der Waals surface area contributed by atoms with Gasteiger partial charge < -0.3 is 14.6 Å². The van der Waals surface area contributed by atoms with Gasteiger partial charge in [0.25, 0.3) is 0 Å². The molecule has 1 aliphatic rings. The number of aliphatic hydroxyl groups is 1. The maximum atomic E-state index is 10.9. The molecular formula is C22H27Cl2N2O+. The Morgan fingerprint density at radius 1 is 1.00 bits per heavy atom. The lowest BCUT2D eigenvalue weighted by atomic mass is 9.97. The van der Waals surface area contributed by atoms with Crippen LogP contribution in [0, 0.1) is 0 Å². The molecule has 1 aliphatic heterocycles. The molecule has 3 atom stereocenters. The molecule has 2 aromatic carbocycles. The molecule has 27 heavy (non-hydrogen) atoms. The van der Waals surface area contributed by atoms with Crippen LogP contribution in [0.4, 0.5) is 0 Å². The van der Waals surface area contributed by atoms with Gasteiger partial charge in [0.15, 0.2) is 0 Å². The van der Waals surface area contributed by atoms with Crippen molar-refractivity contribution in [1.82, 2.24) is 4.57 Å². The van der Waals surface area contributed by atoms with E-state index in [2.05, 4.69) is 18.4 Å². The summed E-state index contributed by atoms with van der Waals surface area (Å²) in [6.07, 6.45) is 3.40. The molecule has 4 rings (SSSR count). The zero-order valence-corrected chi connectivity index (χ0v) is 17.4. The molecule has 2 N–H and O–H groups in total. The number of benzene rings is 2. The number of fused-ring (bicyclic) bond motifs is 3. The van der Waals surface area contributed by atoms with Crippen LogP contribution in [0.1, 0.15) is 33.1 Å². The molecule has 0 aliphatic carbocycles. The highest BCUT2D eigenvalue weighted by Gasteiger charge is 2.30. The topological polar surface area (TPSA) is 29.6 Å². The van der Waals surface area contributed by atoms with E-state index in [0.29, 0.717) is 28.7 Å². The number of quaternary nitrogens is 1. The minimum atomic E-state index is -0.395. The van der Waals surface area contributed by atoms with Gasteiger partial charge in [-0.2, -0.15) is 0 Å². The maximum absolute atomic E-state index is 10.9. The molecule has 0 amide bonds. The van der Waals surface area contributed by atoms with Gasteiger partial charge in [0.1, 0.15) is 12.6 Å². The summed E-state index contributed by atoms with van der Waals surface area (Å²) < 4.78 is 2.21. The molecule has 1 saturated heterocycles. The van der Waals surface area contributed by atoms with Crippen molar-refractivity contribution in [3.05, 3.63) is 46.4 Å². The van der Waals surface area contributed by atoms with Gasteiger partial charge in [0, 0.05) is 31.9 Å². The van der Waals surface area contributed by atoms with Gasteiger partial charge in [-0.3, -0.25) is 0 Å². The summed E-state index contributed by atoms with van der Waals surface area (Å²) in [5, 5.41) is 14.5. The van der Waals surface area contributed by atoms with Crippen LogP contribution in [0.5, 0.6) is 0 Å². The van der Waals surface area contributed by atoms with Crippen molar-refractivity contribution in [2.75, 3.05) is 6.54 Å². The van der Waals surface area contributed by atoms with Crippen LogP contribution in [0.25, 0.3) is 21.8 Å². The third kappa shape index (κ3) is 3.71. The summed E-state index contributed by atoms with van der Waals surface area (Å²) in [5.74, 6) is 0. The molecule has 5 heteroatoms. The quantitative estimate of drug-likeness (QED) is 0.665. The average Bonchev–Trinajstić information content (AvgIpc) is 2.91. The first kappa shape index (κ1) is 19.1. The number of aliphatic hydroxyl groups excluding tert-OH is 1. The predicted octanol–water partition coefficient (Wildman–Crippen LogP) is 4.31. The summed E-state index contributed by atoms with van der Waals surface area (Å²) in [6.45, 7) is 5.97. The largest absolute Gasteiger partial charge is 0.385 e. The van der Waals surface area contributed by atoms with Gasteiger partial charge >= 0.3 is 0 Å². The summed E-state index contributed by atoms with van der Waals surface area (Å²) in [7, 11) is 0. The van der Waals surface area contributed by atoms with Crippen molar-refractivity contribution in [3.63, 3.8) is 0 Å². The Bertz CT molecular complexity index is 899. The van der Waals surface area contributed by atoms with Gasteiger partial charge in [-0.15, -0.1) is 0 Å². The summed E-state index contributed by atoms with van der Waals surface area (Å²) in [6, 6.07) is 13.1. The molecule has 0 bridgehead atoms. The van der Waals surface area contributed by atoms with Crippen LogP contribution in [0.2, 0.25) is 10.0 Å². The molecule has 3 aromatic rings. The number of halogens is 2. The monoisotopic (exact) mass is 405 g/mol. The van der Waals surface area contributed by atoms with Crippen molar-refractivity contribution >= 4 is 45.0 Å². The second-order valence-electron chi connectivity index (χ2n) is 8.10. The number of piperidine rings is 1. The minimum absolute atomic E-state index is 0.395. The van der Waals surface area contributed by atoms with Crippen molar-refractivity contribution < 1.29 is 10.0 Å². The van der Waals surface area contributed by atoms with Gasteiger partial charge in [-0.05, 0) is 69.5 Å². The predicted molar refractivity (Wildman–Crippen MR) is 114 cm³/mol. The second-order valence-corrected chi connectivity index (χ2v) is 8.97. The van der Waals surface area contributed by atoms with E-state index in [1.165, 1.54) is 24.2 Å².